The van der Waals surface area contributed by atoms with Crippen molar-refractivity contribution in [2.24, 2.45) is 7.05 Å². The minimum atomic E-state index is -0.113. The first-order valence-electron chi connectivity index (χ1n) is 8.75. The number of hydrogen-bond donors (Lipinski definition) is 0. The molecule has 1 fully saturated rings. The van der Waals surface area contributed by atoms with Crippen LogP contribution in [0, 0.1) is 0 Å². The molecule has 0 unspecified atom stereocenters. The summed E-state index contributed by atoms with van der Waals surface area (Å²) in [6.45, 7) is 2.03. The van der Waals surface area contributed by atoms with Crippen LogP contribution in [0.5, 0.6) is 0 Å². The van der Waals surface area contributed by atoms with Gasteiger partial charge in [-0.05, 0) is 30.9 Å². The Morgan fingerprint density at radius 2 is 2.00 bits per heavy atom. The van der Waals surface area contributed by atoms with Gasteiger partial charge in [-0.3, -0.25) is 9.59 Å². The van der Waals surface area contributed by atoms with Gasteiger partial charge in [0.25, 0.3) is 5.91 Å². The van der Waals surface area contributed by atoms with Gasteiger partial charge in [0.2, 0.25) is 5.56 Å². The number of pyridine rings is 1. The number of carbonyl (C=O) groups is 1. The number of aromatic nitrogens is 1. The molecule has 5 nitrogen and oxygen atoms in total. The van der Waals surface area contributed by atoms with Crippen LogP contribution in [-0.2, 0) is 18.2 Å². The van der Waals surface area contributed by atoms with Crippen molar-refractivity contribution in [1.29, 1.82) is 0 Å². The molecular formula is C20H24N2O3. The summed E-state index contributed by atoms with van der Waals surface area (Å²) in [5.74, 6) is -0.0361. The molecule has 1 saturated heterocycles. The normalized spacial score (nSPS) is 17.0. The van der Waals surface area contributed by atoms with Crippen molar-refractivity contribution >= 4 is 5.91 Å². The molecule has 0 bridgehead atoms. The molecule has 0 saturated carbocycles. The van der Waals surface area contributed by atoms with E-state index in [-0.39, 0.29) is 17.6 Å². The maximum absolute atomic E-state index is 12.5. The summed E-state index contributed by atoms with van der Waals surface area (Å²) in [6.07, 6.45) is 4.55. The van der Waals surface area contributed by atoms with Gasteiger partial charge in [-0.1, -0.05) is 30.3 Å². The van der Waals surface area contributed by atoms with Crippen molar-refractivity contribution < 1.29 is 9.53 Å². The quantitative estimate of drug-likeness (QED) is 0.758. The second-order valence-corrected chi connectivity index (χ2v) is 6.49. The van der Waals surface area contributed by atoms with Crippen LogP contribution in [0.25, 0.3) is 0 Å². The van der Waals surface area contributed by atoms with E-state index in [4.69, 9.17) is 4.74 Å². The molecule has 1 aromatic heterocycles. The molecule has 1 atom stereocenters. The highest BCUT2D eigenvalue weighted by molar-refractivity contribution is 5.94. The Morgan fingerprint density at radius 3 is 2.76 bits per heavy atom. The lowest BCUT2D eigenvalue weighted by Crippen LogP contribution is -2.31. The molecule has 0 aliphatic carbocycles. The largest absolute Gasteiger partial charge is 0.376 e. The highest BCUT2D eigenvalue weighted by Crippen LogP contribution is 2.16. The van der Waals surface area contributed by atoms with Gasteiger partial charge in [0.1, 0.15) is 0 Å². The number of hydrogen-bond acceptors (Lipinski definition) is 3. The minimum Gasteiger partial charge on any atom is -0.376 e. The maximum Gasteiger partial charge on any atom is 0.255 e. The summed E-state index contributed by atoms with van der Waals surface area (Å²) in [5, 5.41) is 0. The Kier molecular flexibility index (Phi) is 5.66. The van der Waals surface area contributed by atoms with Gasteiger partial charge in [-0.2, -0.15) is 0 Å². The summed E-state index contributed by atoms with van der Waals surface area (Å²) in [6, 6.07) is 13.4. The lowest BCUT2D eigenvalue weighted by Gasteiger charge is -2.17. The highest BCUT2D eigenvalue weighted by atomic mass is 16.5. The van der Waals surface area contributed by atoms with E-state index in [9.17, 15) is 9.59 Å². The second kappa shape index (κ2) is 8.12. The van der Waals surface area contributed by atoms with Crippen LogP contribution >= 0.6 is 0 Å². The predicted octanol–water partition coefficient (Wildman–Crippen LogP) is 2.25. The number of amides is 1. The van der Waals surface area contributed by atoms with Gasteiger partial charge in [0.05, 0.1) is 11.7 Å². The first kappa shape index (κ1) is 17.4. The van der Waals surface area contributed by atoms with Crippen molar-refractivity contribution in [2.45, 2.75) is 25.4 Å². The highest BCUT2D eigenvalue weighted by Gasteiger charge is 2.27. The molecule has 2 aromatic rings. The fraction of sp³-hybridized carbons (Fsp3) is 0.400. The van der Waals surface area contributed by atoms with Crippen LogP contribution in [0.1, 0.15) is 28.8 Å². The van der Waals surface area contributed by atoms with Crippen LogP contribution in [0.2, 0.25) is 0 Å². The van der Waals surface area contributed by atoms with Crippen LogP contribution < -0.4 is 5.56 Å². The van der Waals surface area contributed by atoms with E-state index >= 15 is 0 Å². The van der Waals surface area contributed by atoms with Gasteiger partial charge >= 0.3 is 0 Å². The van der Waals surface area contributed by atoms with Crippen LogP contribution in [0.4, 0.5) is 0 Å². The molecule has 1 aliphatic heterocycles. The summed E-state index contributed by atoms with van der Waals surface area (Å²) in [7, 11) is 1.65. The van der Waals surface area contributed by atoms with Crippen LogP contribution in [0.3, 0.4) is 0 Å². The van der Waals surface area contributed by atoms with E-state index in [1.54, 1.807) is 19.3 Å². The third kappa shape index (κ3) is 4.57. The molecule has 25 heavy (non-hydrogen) atoms. The average molecular weight is 340 g/mol. The molecule has 0 radical (unpaired) electrons. The molecule has 1 aliphatic rings. The zero-order valence-corrected chi connectivity index (χ0v) is 14.6. The zero-order chi connectivity index (χ0) is 17.6. The lowest BCUT2D eigenvalue weighted by atomic mass is 10.1. The van der Waals surface area contributed by atoms with E-state index in [2.05, 4.69) is 24.3 Å². The van der Waals surface area contributed by atoms with E-state index in [1.165, 1.54) is 16.2 Å². The van der Waals surface area contributed by atoms with Gasteiger partial charge in [-0.15, -0.1) is 0 Å². The summed E-state index contributed by atoms with van der Waals surface area (Å²) < 4.78 is 7.37. The average Bonchev–Trinajstić information content (AvgIpc) is 3.10. The molecule has 0 spiro atoms. The maximum atomic E-state index is 12.5. The Labute approximate surface area is 147 Å². The number of aryl methyl sites for hydroxylation is 2. The number of ether oxygens (including phenoxy) is 1. The van der Waals surface area contributed by atoms with Crippen LogP contribution in [0.15, 0.2) is 53.5 Å². The van der Waals surface area contributed by atoms with Crippen LogP contribution in [-0.4, -0.2) is 41.2 Å². The molecule has 1 aromatic carbocycles. The monoisotopic (exact) mass is 340 g/mol. The Hall–Kier alpha value is -2.40. The number of carbonyl (C=O) groups excluding carboxylic acids is 1. The van der Waals surface area contributed by atoms with Gasteiger partial charge in [0, 0.05) is 39.0 Å². The Balaban J connectivity index is 1.44. The predicted molar refractivity (Wildman–Crippen MR) is 96.7 cm³/mol. The van der Waals surface area contributed by atoms with Gasteiger partial charge in [0.15, 0.2) is 0 Å². The summed E-state index contributed by atoms with van der Waals surface area (Å²) in [4.78, 5) is 25.8. The molecule has 1 amide bonds. The first-order chi connectivity index (χ1) is 12.1. The fourth-order valence-corrected chi connectivity index (χ4v) is 3.12. The smallest absolute Gasteiger partial charge is 0.255 e. The second-order valence-electron chi connectivity index (χ2n) is 6.49. The molecule has 5 heteroatoms. The molecule has 2 heterocycles. The minimum absolute atomic E-state index is 0.0361. The molecular weight excluding hydrogens is 316 g/mol. The Bertz CT molecular complexity index is 770. The van der Waals surface area contributed by atoms with E-state index < -0.39 is 0 Å². The number of benzene rings is 1. The van der Waals surface area contributed by atoms with Gasteiger partial charge in [-0.25, -0.2) is 0 Å². The van der Waals surface area contributed by atoms with E-state index in [0.29, 0.717) is 25.3 Å². The van der Waals surface area contributed by atoms with Crippen molar-refractivity contribution in [3.8, 4) is 0 Å². The third-order valence-corrected chi connectivity index (χ3v) is 4.57. The molecule has 3 rings (SSSR count). The standard InChI is InChI=1S/C20H24N2O3/c1-21-14-17(9-10-19(21)23)20(24)22-12-11-18(15-22)25-13-5-8-16-6-3-2-4-7-16/h2-4,6-7,9-10,14,18H,5,8,11-13,15H2,1H3/t18-/m0/s1. The number of likely N-dealkylation sites (tertiary alicyclic amines) is 1. The molecule has 0 N–H and O–H groups in total. The summed E-state index contributed by atoms with van der Waals surface area (Å²) in [5.41, 5.74) is 1.76. The SMILES string of the molecule is Cn1cc(C(=O)N2CC[C@H](OCCCc3ccccc3)C2)ccc1=O. The van der Waals surface area contributed by atoms with Crippen molar-refractivity contribution in [2.75, 3.05) is 19.7 Å². The van der Waals surface area contributed by atoms with Crippen molar-refractivity contribution in [3.63, 3.8) is 0 Å². The number of nitrogens with zero attached hydrogens (tertiary/aromatic N) is 2. The zero-order valence-electron chi connectivity index (χ0n) is 14.6. The van der Waals surface area contributed by atoms with Crippen molar-refractivity contribution in [3.05, 3.63) is 70.1 Å². The fourth-order valence-electron chi connectivity index (χ4n) is 3.12. The summed E-state index contributed by atoms with van der Waals surface area (Å²) >= 11 is 0. The first-order valence-corrected chi connectivity index (χ1v) is 8.75. The van der Waals surface area contributed by atoms with Gasteiger partial charge < -0.3 is 14.2 Å². The number of rotatable bonds is 6. The van der Waals surface area contributed by atoms with E-state index in [0.717, 1.165) is 19.3 Å². The van der Waals surface area contributed by atoms with Crippen molar-refractivity contribution in [1.82, 2.24) is 9.47 Å². The van der Waals surface area contributed by atoms with E-state index in [1.807, 2.05) is 11.0 Å². The lowest BCUT2D eigenvalue weighted by molar-refractivity contribution is 0.0524. The Morgan fingerprint density at radius 1 is 1.20 bits per heavy atom. The molecule has 132 valence electrons. The third-order valence-electron chi connectivity index (χ3n) is 4.57. The topological polar surface area (TPSA) is 51.5 Å².